The number of carbonyl (C=O) groups excluding carboxylic acids is 1. The van der Waals surface area contributed by atoms with Crippen LogP contribution in [0, 0.1) is 5.41 Å². The Morgan fingerprint density at radius 3 is 2.47 bits per heavy atom. The maximum Gasteiger partial charge on any atom is 0.252 e. The van der Waals surface area contributed by atoms with E-state index in [0.29, 0.717) is 22.2 Å². The van der Waals surface area contributed by atoms with Gasteiger partial charge < -0.3 is 5.32 Å². The minimum Gasteiger partial charge on any atom is -0.351 e. The molecule has 0 heterocycles. The number of carbonyl (C=O) groups is 1. The summed E-state index contributed by atoms with van der Waals surface area (Å²) in [6, 6.07) is 5.07. The quantitative estimate of drug-likeness (QED) is 0.711. The van der Waals surface area contributed by atoms with Gasteiger partial charge in [0.1, 0.15) is 0 Å². The molecule has 1 rings (SSSR count). The van der Waals surface area contributed by atoms with Crippen LogP contribution < -0.4 is 5.32 Å². The highest BCUT2D eigenvalue weighted by Gasteiger charge is 2.26. The Morgan fingerprint density at radius 2 is 1.95 bits per heavy atom. The van der Waals surface area contributed by atoms with Gasteiger partial charge in [-0.3, -0.25) is 4.79 Å². The maximum atomic E-state index is 12.1. The van der Waals surface area contributed by atoms with Gasteiger partial charge in [-0.2, -0.15) is 0 Å². The first-order chi connectivity index (χ1) is 8.99. The van der Waals surface area contributed by atoms with Gasteiger partial charge in [0.15, 0.2) is 0 Å². The predicted molar refractivity (Wildman–Crippen MR) is 85.6 cm³/mol. The van der Waals surface area contributed by atoms with Crippen LogP contribution in [0.15, 0.2) is 18.2 Å². The second-order valence-corrected chi connectivity index (χ2v) is 5.97. The summed E-state index contributed by atoms with van der Waals surface area (Å²) >= 11 is 15.5. The van der Waals surface area contributed by atoms with Gasteiger partial charge in [0, 0.05) is 11.9 Å². The number of nitrogens with one attached hydrogen (secondary N) is 1. The van der Waals surface area contributed by atoms with Crippen molar-refractivity contribution in [1.82, 2.24) is 5.32 Å². The van der Waals surface area contributed by atoms with Crippen LogP contribution in [0.1, 0.15) is 37.0 Å². The van der Waals surface area contributed by atoms with Gasteiger partial charge in [-0.05, 0) is 30.4 Å². The van der Waals surface area contributed by atoms with Crippen LogP contribution in [0.3, 0.4) is 0 Å². The summed E-state index contributed by atoms with van der Waals surface area (Å²) in [4.78, 5) is 12.1. The lowest BCUT2D eigenvalue weighted by Gasteiger charge is -2.29. The van der Waals surface area contributed by atoms with E-state index >= 15 is 0 Å². The molecule has 0 unspecified atom stereocenters. The molecule has 0 aromatic heterocycles. The molecule has 0 saturated heterocycles. The number of hydrogen-bond acceptors (Lipinski definition) is 1. The van der Waals surface area contributed by atoms with Gasteiger partial charge in [0.25, 0.3) is 5.91 Å². The fourth-order valence-electron chi connectivity index (χ4n) is 1.78. The normalized spacial score (nSPS) is 11.4. The number of hydrogen-bond donors (Lipinski definition) is 1. The minimum atomic E-state index is -0.181. The third-order valence-corrected chi connectivity index (χ3v) is 5.61. The fraction of sp³-hybridized carbons (Fsp3) is 0.500. The first-order valence-corrected chi connectivity index (χ1v) is 8.15. The summed E-state index contributed by atoms with van der Waals surface area (Å²) in [5.41, 5.74) is 0.505. The molecule has 0 bridgehead atoms. The van der Waals surface area contributed by atoms with Crippen molar-refractivity contribution < 1.29 is 4.79 Å². The van der Waals surface area contributed by atoms with Crippen LogP contribution in [0.25, 0.3) is 0 Å². The topological polar surface area (TPSA) is 29.1 Å². The molecule has 0 aliphatic heterocycles. The van der Waals surface area contributed by atoms with Crippen molar-refractivity contribution in [2.24, 2.45) is 5.41 Å². The van der Waals surface area contributed by atoms with E-state index < -0.39 is 0 Å². The van der Waals surface area contributed by atoms with Gasteiger partial charge in [0.05, 0.1) is 15.6 Å². The van der Waals surface area contributed by atoms with Crippen molar-refractivity contribution in [1.29, 1.82) is 0 Å². The molecule has 19 heavy (non-hydrogen) atoms. The van der Waals surface area contributed by atoms with Gasteiger partial charge >= 0.3 is 0 Å². The zero-order chi connectivity index (χ0) is 14.5. The Bertz CT molecular complexity index is 439. The van der Waals surface area contributed by atoms with Crippen molar-refractivity contribution in [3.05, 3.63) is 33.8 Å². The molecule has 5 heteroatoms. The highest BCUT2D eigenvalue weighted by Crippen LogP contribution is 2.29. The Morgan fingerprint density at radius 1 is 1.32 bits per heavy atom. The minimum absolute atomic E-state index is 0.0840. The lowest BCUT2D eigenvalue weighted by atomic mass is 9.84. The average molecular weight is 367 g/mol. The Kier molecular flexibility index (Phi) is 6.64. The molecule has 0 fully saturated rings. The molecule has 106 valence electrons. The molecular weight excluding hydrogens is 349 g/mol. The molecule has 0 aliphatic rings. The van der Waals surface area contributed by atoms with Gasteiger partial charge in [-0.25, -0.2) is 0 Å². The Hall–Kier alpha value is -0.250. The molecule has 1 amide bonds. The highest BCUT2D eigenvalue weighted by atomic mass is 79.9. The predicted octanol–water partition coefficient (Wildman–Crippen LogP) is 4.92. The number of halogens is 3. The number of amides is 1. The molecule has 2 nitrogen and oxygen atoms in total. The summed E-state index contributed by atoms with van der Waals surface area (Å²) < 4.78 is 0. The maximum absolute atomic E-state index is 12.1. The summed E-state index contributed by atoms with van der Waals surface area (Å²) in [6.45, 7) is 4.87. The molecule has 1 aromatic rings. The van der Waals surface area contributed by atoms with Crippen molar-refractivity contribution in [3.8, 4) is 0 Å². The smallest absolute Gasteiger partial charge is 0.252 e. The zero-order valence-electron chi connectivity index (χ0n) is 11.1. The van der Waals surface area contributed by atoms with Crippen molar-refractivity contribution >= 4 is 45.0 Å². The summed E-state index contributed by atoms with van der Waals surface area (Å²) in [5.74, 6) is -0.181. The zero-order valence-corrected chi connectivity index (χ0v) is 14.2. The van der Waals surface area contributed by atoms with E-state index in [0.717, 1.165) is 18.2 Å². The first-order valence-electron chi connectivity index (χ1n) is 6.28. The Labute approximate surface area is 133 Å². The number of rotatable bonds is 6. The molecule has 0 atom stereocenters. The molecule has 1 aromatic carbocycles. The van der Waals surface area contributed by atoms with E-state index in [2.05, 4.69) is 35.1 Å². The van der Waals surface area contributed by atoms with E-state index in [1.165, 1.54) is 0 Å². The van der Waals surface area contributed by atoms with Crippen molar-refractivity contribution in [2.75, 3.05) is 11.9 Å². The lowest BCUT2D eigenvalue weighted by Crippen LogP contribution is -2.38. The molecule has 0 aliphatic carbocycles. The molecular formula is C14H18BrCl2NO. The van der Waals surface area contributed by atoms with E-state index in [9.17, 15) is 4.79 Å². The van der Waals surface area contributed by atoms with Crippen LogP contribution in [0.4, 0.5) is 0 Å². The van der Waals surface area contributed by atoms with E-state index in [-0.39, 0.29) is 11.3 Å². The molecule has 0 saturated carbocycles. The van der Waals surface area contributed by atoms with Gasteiger partial charge in [-0.1, -0.05) is 59.0 Å². The van der Waals surface area contributed by atoms with E-state index in [1.54, 1.807) is 18.2 Å². The molecule has 0 radical (unpaired) electrons. The van der Waals surface area contributed by atoms with Crippen molar-refractivity contribution in [2.45, 2.75) is 26.7 Å². The monoisotopic (exact) mass is 365 g/mol. The van der Waals surface area contributed by atoms with Crippen LogP contribution in [-0.2, 0) is 0 Å². The van der Waals surface area contributed by atoms with Gasteiger partial charge in [-0.15, -0.1) is 0 Å². The van der Waals surface area contributed by atoms with E-state index in [1.807, 2.05) is 0 Å². The third-order valence-electron chi connectivity index (χ3n) is 3.60. The van der Waals surface area contributed by atoms with Gasteiger partial charge in [0.2, 0.25) is 0 Å². The largest absolute Gasteiger partial charge is 0.351 e. The van der Waals surface area contributed by atoms with Crippen LogP contribution in [-0.4, -0.2) is 17.8 Å². The summed E-state index contributed by atoms with van der Waals surface area (Å²) in [7, 11) is 0. The molecule has 1 N–H and O–H groups in total. The fourth-order valence-corrected chi connectivity index (χ4v) is 3.16. The third kappa shape index (κ3) is 4.11. The SMILES string of the molecule is CCC(CC)(CBr)CNC(=O)c1cccc(Cl)c1Cl. The first kappa shape index (κ1) is 16.8. The lowest BCUT2D eigenvalue weighted by molar-refractivity contribution is 0.0932. The standard InChI is InChI=1S/C14H18BrCl2NO/c1-3-14(4-2,8-15)9-18-13(19)10-6-5-7-11(16)12(10)17/h5-7H,3-4,8-9H2,1-2H3,(H,18,19). The number of alkyl halides is 1. The van der Waals surface area contributed by atoms with Crippen LogP contribution in [0.5, 0.6) is 0 Å². The summed E-state index contributed by atoms with van der Waals surface area (Å²) in [5, 5.41) is 4.51. The second-order valence-electron chi connectivity index (χ2n) is 4.62. The summed E-state index contributed by atoms with van der Waals surface area (Å²) in [6.07, 6.45) is 2.00. The van der Waals surface area contributed by atoms with Crippen LogP contribution >= 0.6 is 39.1 Å². The number of benzene rings is 1. The Balaban J connectivity index is 2.78. The van der Waals surface area contributed by atoms with Crippen LogP contribution in [0.2, 0.25) is 10.0 Å². The highest BCUT2D eigenvalue weighted by molar-refractivity contribution is 9.09. The average Bonchev–Trinajstić information content (AvgIpc) is 2.44. The van der Waals surface area contributed by atoms with E-state index in [4.69, 9.17) is 23.2 Å². The molecule has 0 spiro atoms. The second kappa shape index (κ2) is 7.51. The van der Waals surface area contributed by atoms with Crippen molar-refractivity contribution in [3.63, 3.8) is 0 Å².